The molecular weight excluding hydrogens is 252 g/mol. The van der Waals surface area contributed by atoms with Crippen LogP contribution in [0.2, 0.25) is 0 Å². The fourth-order valence-corrected chi connectivity index (χ4v) is 3.62. The van der Waals surface area contributed by atoms with Gasteiger partial charge in [0.05, 0.1) is 12.4 Å². The Morgan fingerprint density at radius 3 is 2.56 bits per heavy atom. The van der Waals surface area contributed by atoms with Crippen LogP contribution in [0.3, 0.4) is 0 Å². The van der Waals surface area contributed by atoms with Gasteiger partial charge in [0, 0.05) is 19.7 Å². The highest BCUT2D eigenvalue weighted by Gasteiger charge is 2.27. The van der Waals surface area contributed by atoms with E-state index in [0.29, 0.717) is 32.2 Å². The fraction of sp³-hybridized carbons (Fsp3) is 1.00. The van der Waals surface area contributed by atoms with Crippen LogP contribution >= 0.6 is 0 Å². The second-order valence-electron chi connectivity index (χ2n) is 4.75. The Morgan fingerprint density at radius 1 is 1.33 bits per heavy atom. The van der Waals surface area contributed by atoms with Crippen LogP contribution in [0.15, 0.2) is 0 Å². The second kappa shape index (κ2) is 8.09. The van der Waals surface area contributed by atoms with Gasteiger partial charge in [-0.2, -0.15) is 0 Å². The highest BCUT2D eigenvalue weighted by molar-refractivity contribution is 7.89. The van der Waals surface area contributed by atoms with Gasteiger partial charge in [0.1, 0.15) is 0 Å². The number of nitrogens with one attached hydrogen (secondary N) is 1. The van der Waals surface area contributed by atoms with E-state index >= 15 is 0 Å². The van der Waals surface area contributed by atoms with Gasteiger partial charge >= 0.3 is 0 Å². The molecule has 0 saturated carbocycles. The van der Waals surface area contributed by atoms with Crippen molar-refractivity contribution in [2.45, 2.75) is 26.2 Å². The van der Waals surface area contributed by atoms with Crippen molar-refractivity contribution >= 4 is 10.0 Å². The third-order valence-corrected chi connectivity index (χ3v) is 5.29. The first-order valence-corrected chi connectivity index (χ1v) is 8.41. The number of nitrogens with zero attached hydrogens (tertiary/aromatic N) is 1. The summed E-state index contributed by atoms with van der Waals surface area (Å²) in [6, 6.07) is 0. The predicted molar refractivity (Wildman–Crippen MR) is 73.1 cm³/mol. The molecule has 1 saturated heterocycles. The van der Waals surface area contributed by atoms with E-state index in [2.05, 4.69) is 5.32 Å². The molecule has 1 fully saturated rings. The summed E-state index contributed by atoms with van der Waals surface area (Å²) in [5.41, 5.74) is 0. The van der Waals surface area contributed by atoms with E-state index in [-0.39, 0.29) is 5.75 Å². The van der Waals surface area contributed by atoms with E-state index in [1.165, 1.54) is 0 Å². The Morgan fingerprint density at radius 2 is 2.00 bits per heavy atom. The zero-order valence-corrected chi connectivity index (χ0v) is 12.3. The van der Waals surface area contributed by atoms with Crippen molar-refractivity contribution in [1.82, 2.24) is 9.62 Å². The molecule has 1 rings (SSSR count). The summed E-state index contributed by atoms with van der Waals surface area (Å²) >= 11 is 0. The number of sulfonamides is 1. The van der Waals surface area contributed by atoms with Crippen LogP contribution in [0.4, 0.5) is 0 Å². The summed E-state index contributed by atoms with van der Waals surface area (Å²) in [5.74, 6) is 0.776. The third-order valence-electron chi connectivity index (χ3n) is 3.46. The first-order chi connectivity index (χ1) is 8.60. The highest BCUT2D eigenvalue weighted by Crippen LogP contribution is 2.22. The molecule has 1 aliphatic rings. The van der Waals surface area contributed by atoms with E-state index in [4.69, 9.17) is 4.74 Å². The zero-order valence-electron chi connectivity index (χ0n) is 11.5. The molecule has 0 aromatic heterocycles. The maximum absolute atomic E-state index is 12.0. The average Bonchev–Trinajstić information content (AvgIpc) is 2.37. The molecule has 0 unspecified atom stereocenters. The van der Waals surface area contributed by atoms with Crippen molar-refractivity contribution in [2.24, 2.45) is 5.92 Å². The minimum Gasteiger partial charge on any atom is -0.381 e. The van der Waals surface area contributed by atoms with Crippen LogP contribution < -0.4 is 5.32 Å². The lowest BCUT2D eigenvalue weighted by Crippen LogP contribution is -2.40. The number of ether oxygens (including phenoxy) is 1. The molecule has 108 valence electrons. The highest BCUT2D eigenvalue weighted by atomic mass is 32.2. The van der Waals surface area contributed by atoms with Crippen LogP contribution in [0.1, 0.15) is 26.2 Å². The Bertz CT molecular complexity index is 311. The van der Waals surface area contributed by atoms with Crippen molar-refractivity contribution in [2.75, 3.05) is 45.6 Å². The lowest BCUT2D eigenvalue weighted by molar-refractivity contribution is 0.161. The Labute approximate surface area is 111 Å². The quantitative estimate of drug-likeness (QED) is 0.663. The largest absolute Gasteiger partial charge is 0.381 e. The van der Waals surface area contributed by atoms with Crippen molar-refractivity contribution in [3.8, 4) is 0 Å². The molecule has 0 amide bonds. The SMILES string of the molecule is CCOCCS(=O)(=O)N1CCC(CCNC)CC1. The first kappa shape index (κ1) is 15.9. The van der Waals surface area contributed by atoms with E-state index in [1.54, 1.807) is 4.31 Å². The van der Waals surface area contributed by atoms with Gasteiger partial charge in [0.25, 0.3) is 0 Å². The lowest BCUT2D eigenvalue weighted by atomic mass is 9.95. The molecule has 6 heteroatoms. The molecule has 1 heterocycles. The van der Waals surface area contributed by atoms with Crippen LogP contribution in [0.25, 0.3) is 0 Å². The Hall–Kier alpha value is -0.170. The normalized spacial score (nSPS) is 19.2. The second-order valence-corrected chi connectivity index (χ2v) is 6.84. The summed E-state index contributed by atoms with van der Waals surface area (Å²) in [6.45, 7) is 5.10. The molecular formula is C12H26N2O3S. The third kappa shape index (κ3) is 5.22. The molecule has 1 N–H and O–H groups in total. The maximum atomic E-state index is 12.0. The van der Waals surface area contributed by atoms with Gasteiger partial charge < -0.3 is 10.1 Å². The van der Waals surface area contributed by atoms with Crippen molar-refractivity contribution in [1.29, 1.82) is 0 Å². The maximum Gasteiger partial charge on any atom is 0.216 e. The minimum atomic E-state index is -3.11. The summed E-state index contributed by atoms with van der Waals surface area (Å²) < 4.78 is 30.8. The fourth-order valence-electron chi connectivity index (χ4n) is 2.26. The van der Waals surface area contributed by atoms with E-state index in [1.807, 2.05) is 14.0 Å². The minimum absolute atomic E-state index is 0.113. The van der Waals surface area contributed by atoms with E-state index in [9.17, 15) is 8.42 Å². The smallest absolute Gasteiger partial charge is 0.216 e. The topological polar surface area (TPSA) is 58.6 Å². The number of rotatable bonds is 8. The van der Waals surface area contributed by atoms with Crippen LogP contribution in [0.5, 0.6) is 0 Å². The van der Waals surface area contributed by atoms with Crippen molar-refractivity contribution in [3.05, 3.63) is 0 Å². The van der Waals surface area contributed by atoms with E-state index in [0.717, 1.165) is 25.8 Å². The summed E-state index contributed by atoms with van der Waals surface area (Å²) in [5, 5.41) is 3.14. The summed E-state index contributed by atoms with van der Waals surface area (Å²) in [4.78, 5) is 0. The first-order valence-electron chi connectivity index (χ1n) is 6.80. The molecule has 0 aromatic rings. The van der Waals surface area contributed by atoms with E-state index < -0.39 is 10.0 Å². The zero-order chi connectivity index (χ0) is 13.4. The van der Waals surface area contributed by atoms with Gasteiger partial charge in [0.2, 0.25) is 10.0 Å². The van der Waals surface area contributed by atoms with Crippen LogP contribution in [0, 0.1) is 5.92 Å². The molecule has 0 atom stereocenters. The average molecular weight is 278 g/mol. The van der Waals surface area contributed by atoms with Gasteiger partial charge in [0.15, 0.2) is 0 Å². The standard InChI is InChI=1S/C12H26N2O3S/c1-3-17-10-11-18(15,16)14-8-5-12(6-9-14)4-7-13-2/h12-13H,3-11H2,1-2H3. The Balaban J connectivity index is 2.32. The number of hydrogen-bond acceptors (Lipinski definition) is 4. The number of piperidine rings is 1. The molecule has 0 spiro atoms. The summed E-state index contributed by atoms with van der Waals surface area (Å²) in [6.07, 6.45) is 3.11. The van der Waals surface area contributed by atoms with Crippen LogP contribution in [-0.2, 0) is 14.8 Å². The Kier molecular flexibility index (Phi) is 7.14. The molecule has 18 heavy (non-hydrogen) atoms. The van der Waals surface area contributed by atoms with Crippen molar-refractivity contribution in [3.63, 3.8) is 0 Å². The van der Waals surface area contributed by atoms with Crippen LogP contribution in [-0.4, -0.2) is 58.4 Å². The van der Waals surface area contributed by atoms with Gasteiger partial charge in [-0.25, -0.2) is 12.7 Å². The molecule has 0 radical (unpaired) electrons. The molecule has 0 aromatic carbocycles. The van der Waals surface area contributed by atoms with Gasteiger partial charge in [-0.15, -0.1) is 0 Å². The number of hydrogen-bond donors (Lipinski definition) is 1. The van der Waals surface area contributed by atoms with Crippen molar-refractivity contribution < 1.29 is 13.2 Å². The van der Waals surface area contributed by atoms with Gasteiger partial charge in [-0.05, 0) is 45.7 Å². The molecule has 0 bridgehead atoms. The van der Waals surface area contributed by atoms with Gasteiger partial charge in [-0.3, -0.25) is 0 Å². The van der Waals surface area contributed by atoms with Gasteiger partial charge in [-0.1, -0.05) is 0 Å². The summed E-state index contributed by atoms with van der Waals surface area (Å²) in [7, 11) is -1.16. The lowest BCUT2D eigenvalue weighted by Gasteiger charge is -2.31. The molecule has 1 aliphatic heterocycles. The molecule has 5 nitrogen and oxygen atoms in total. The predicted octanol–water partition coefficient (Wildman–Crippen LogP) is 0.674. The molecule has 0 aliphatic carbocycles. The monoisotopic (exact) mass is 278 g/mol.